The van der Waals surface area contributed by atoms with Crippen LogP contribution in [0.3, 0.4) is 0 Å². The van der Waals surface area contributed by atoms with Crippen molar-refractivity contribution in [1.82, 2.24) is 15.5 Å². The molecule has 3 aliphatic carbocycles. The van der Waals surface area contributed by atoms with Crippen LogP contribution in [-0.2, 0) is 9.59 Å². The Morgan fingerprint density at radius 3 is 2.29 bits per heavy atom. The first kappa shape index (κ1) is 23.0. The first-order valence-corrected chi connectivity index (χ1v) is 12.5. The Labute approximate surface area is 187 Å². The first-order chi connectivity index (χ1) is 14.5. The van der Waals surface area contributed by atoms with E-state index in [0.717, 1.165) is 70.9 Å². The molecular weight excluding hydrogens is 390 g/mol. The lowest BCUT2D eigenvalue weighted by Gasteiger charge is -2.51. The number of carbonyl (C=O) groups is 2. The van der Waals surface area contributed by atoms with Crippen molar-refractivity contribution in [2.75, 3.05) is 13.1 Å². The minimum absolute atomic E-state index is 0.0599. The van der Waals surface area contributed by atoms with Gasteiger partial charge in [-0.15, -0.1) is 0 Å². The number of piperidine rings is 1. The van der Waals surface area contributed by atoms with Crippen LogP contribution in [0.15, 0.2) is 0 Å². The van der Waals surface area contributed by atoms with Crippen molar-refractivity contribution in [2.24, 2.45) is 16.7 Å². The number of aliphatic hydroxyl groups is 1. The molecule has 0 spiro atoms. The molecule has 0 aromatic carbocycles. The van der Waals surface area contributed by atoms with E-state index in [4.69, 9.17) is 0 Å². The van der Waals surface area contributed by atoms with Gasteiger partial charge in [0.05, 0.1) is 5.60 Å². The molecule has 1 heterocycles. The number of rotatable bonds is 6. The van der Waals surface area contributed by atoms with Gasteiger partial charge in [0.1, 0.15) is 0 Å². The van der Waals surface area contributed by atoms with Gasteiger partial charge in [-0.2, -0.15) is 0 Å². The molecule has 1 aliphatic heterocycles. The lowest BCUT2D eigenvalue weighted by atomic mass is 9.57. The summed E-state index contributed by atoms with van der Waals surface area (Å²) in [5.41, 5.74) is -0.414. The molecule has 31 heavy (non-hydrogen) atoms. The molecule has 0 bridgehead atoms. The Hall–Kier alpha value is -1.14. The van der Waals surface area contributed by atoms with Gasteiger partial charge in [0.2, 0.25) is 11.8 Å². The number of likely N-dealkylation sites (tertiary alicyclic amines) is 1. The highest BCUT2D eigenvalue weighted by Crippen LogP contribution is 2.64. The molecule has 4 fully saturated rings. The van der Waals surface area contributed by atoms with Crippen molar-refractivity contribution in [3.63, 3.8) is 0 Å². The normalized spacial score (nSPS) is 38.0. The Morgan fingerprint density at radius 1 is 1.00 bits per heavy atom. The molecule has 176 valence electrons. The number of nitrogens with zero attached hydrogens (tertiary/aromatic N) is 1. The van der Waals surface area contributed by atoms with Crippen LogP contribution >= 0.6 is 0 Å². The van der Waals surface area contributed by atoms with Crippen LogP contribution in [0.4, 0.5) is 0 Å². The van der Waals surface area contributed by atoms with Gasteiger partial charge < -0.3 is 20.6 Å². The molecule has 0 aromatic rings. The van der Waals surface area contributed by atoms with Crippen molar-refractivity contribution >= 4 is 11.8 Å². The second kappa shape index (κ2) is 8.33. The predicted octanol–water partition coefficient (Wildman–Crippen LogP) is 2.98. The maximum absolute atomic E-state index is 12.6. The third kappa shape index (κ3) is 4.95. The highest BCUT2D eigenvalue weighted by molar-refractivity contribution is 5.76. The molecule has 6 nitrogen and oxygen atoms in total. The van der Waals surface area contributed by atoms with Crippen LogP contribution < -0.4 is 10.6 Å². The summed E-state index contributed by atoms with van der Waals surface area (Å²) < 4.78 is 0. The number of fused-ring (bicyclic) bond motifs is 1. The van der Waals surface area contributed by atoms with E-state index in [-0.39, 0.29) is 22.6 Å². The highest BCUT2D eigenvalue weighted by atomic mass is 16.3. The summed E-state index contributed by atoms with van der Waals surface area (Å²) in [4.78, 5) is 26.3. The van der Waals surface area contributed by atoms with E-state index in [2.05, 4.69) is 24.5 Å². The number of amides is 2. The van der Waals surface area contributed by atoms with Crippen molar-refractivity contribution < 1.29 is 14.7 Å². The van der Waals surface area contributed by atoms with E-state index in [0.29, 0.717) is 30.5 Å². The quantitative estimate of drug-likeness (QED) is 0.601. The molecule has 6 heteroatoms. The lowest BCUT2D eigenvalue weighted by molar-refractivity contribution is -0.130. The van der Waals surface area contributed by atoms with Gasteiger partial charge in [-0.3, -0.25) is 9.59 Å². The van der Waals surface area contributed by atoms with Gasteiger partial charge in [0.15, 0.2) is 0 Å². The molecule has 2 amide bonds. The molecule has 4 rings (SSSR count). The summed E-state index contributed by atoms with van der Waals surface area (Å²) in [5.74, 6) is 0.784. The third-order valence-electron chi connectivity index (χ3n) is 8.97. The van der Waals surface area contributed by atoms with Gasteiger partial charge in [-0.05, 0) is 81.5 Å². The van der Waals surface area contributed by atoms with Gasteiger partial charge in [0.25, 0.3) is 0 Å². The Morgan fingerprint density at radius 2 is 1.68 bits per heavy atom. The van der Waals surface area contributed by atoms with E-state index in [9.17, 15) is 14.7 Å². The van der Waals surface area contributed by atoms with Crippen LogP contribution in [0.5, 0.6) is 0 Å². The molecule has 3 N–H and O–H groups in total. The van der Waals surface area contributed by atoms with Crippen molar-refractivity contribution in [3.05, 3.63) is 0 Å². The summed E-state index contributed by atoms with van der Waals surface area (Å²) in [5, 5.41) is 18.1. The zero-order valence-corrected chi connectivity index (χ0v) is 20.0. The van der Waals surface area contributed by atoms with Crippen LogP contribution in [0.2, 0.25) is 0 Å². The lowest BCUT2D eigenvalue weighted by Crippen LogP contribution is -2.55. The molecule has 0 unspecified atom stereocenters. The fourth-order valence-electron chi connectivity index (χ4n) is 6.98. The number of nitrogens with one attached hydrogen (secondary N) is 2. The Bertz CT molecular complexity index is 694. The largest absolute Gasteiger partial charge is 0.390 e. The van der Waals surface area contributed by atoms with E-state index in [1.54, 1.807) is 6.92 Å². The van der Waals surface area contributed by atoms with Gasteiger partial charge in [-0.25, -0.2) is 0 Å². The maximum atomic E-state index is 12.6. The van der Waals surface area contributed by atoms with Crippen molar-refractivity contribution in [2.45, 2.75) is 116 Å². The summed E-state index contributed by atoms with van der Waals surface area (Å²) in [7, 11) is 0. The molecule has 0 radical (unpaired) electrons. The van der Waals surface area contributed by atoms with Gasteiger partial charge >= 0.3 is 0 Å². The van der Waals surface area contributed by atoms with Gasteiger partial charge in [-0.1, -0.05) is 13.8 Å². The summed E-state index contributed by atoms with van der Waals surface area (Å²) in [6.45, 7) is 10.0. The zero-order chi connectivity index (χ0) is 22.4. The predicted molar refractivity (Wildman–Crippen MR) is 121 cm³/mol. The second-order valence-corrected chi connectivity index (χ2v) is 12.0. The van der Waals surface area contributed by atoms with E-state index >= 15 is 0 Å². The number of hydrogen-bond acceptors (Lipinski definition) is 4. The fraction of sp³-hybridized carbons (Fsp3) is 0.920. The number of carbonyl (C=O) groups excluding carboxylic acids is 2. The third-order valence-corrected chi connectivity index (χ3v) is 8.97. The minimum atomic E-state index is -0.608. The molecule has 0 aromatic heterocycles. The minimum Gasteiger partial charge on any atom is -0.390 e. The molecule has 4 atom stereocenters. The smallest absolute Gasteiger partial charge is 0.220 e. The van der Waals surface area contributed by atoms with Crippen molar-refractivity contribution in [3.8, 4) is 0 Å². The SMILES string of the molecule is CC(=O)N1CCC(N[C@H]2CC(C)(C)[C@@H]3C[C@@](C)(O)CC[C@]23CCC(=O)NC2CC2)CC1. The Balaban J connectivity index is 1.49. The fourth-order valence-corrected chi connectivity index (χ4v) is 6.98. The van der Waals surface area contributed by atoms with Crippen molar-refractivity contribution in [1.29, 1.82) is 0 Å². The number of hydrogen-bond donors (Lipinski definition) is 3. The monoisotopic (exact) mass is 433 g/mol. The van der Waals surface area contributed by atoms with E-state index in [1.165, 1.54) is 0 Å². The van der Waals surface area contributed by atoms with Crippen LogP contribution in [0.25, 0.3) is 0 Å². The topological polar surface area (TPSA) is 81.7 Å². The average Bonchev–Trinajstić information content (AvgIpc) is 3.47. The summed E-state index contributed by atoms with van der Waals surface area (Å²) >= 11 is 0. The molecule has 1 saturated heterocycles. The zero-order valence-electron chi connectivity index (χ0n) is 20.0. The Kier molecular flexibility index (Phi) is 6.19. The molecule has 3 saturated carbocycles. The molecular formula is C25H43N3O3. The maximum Gasteiger partial charge on any atom is 0.220 e. The van der Waals surface area contributed by atoms with Crippen LogP contribution in [0, 0.1) is 16.7 Å². The van der Waals surface area contributed by atoms with Crippen LogP contribution in [-0.4, -0.2) is 58.6 Å². The van der Waals surface area contributed by atoms with E-state index < -0.39 is 5.60 Å². The summed E-state index contributed by atoms with van der Waals surface area (Å²) in [6, 6.07) is 1.20. The second-order valence-electron chi connectivity index (χ2n) is 12.0. The standard InChI is InChI=1S/C25H43N3O3/c1-17(29)28-13-8-19(9-14-28)26-21-16-23(2,3)20-15-24(4,31)11-12-25(20,21)10-7-22(30)27-18-5-6-18/h18-21,26,31H,5-16H2,1-4H3,(H,27,30)/t20-,21-,24-,25-/m0/s1. The average molecular weight is 434 g/mol. The highest BCUT2D eigenvalue weighted by Gasteiger charge is 2.61. The summed E-state index contributed by atoms with van der Waals surface area (Å²) in [6.07, 6.45) is 9.44. The van der Waals surface area contributed by atoms with Crippen LogP contribution in [0.1, 0.15) is 91.9 Å². The van der Waals surface area contributed by atoms with E-state index in [1.807, 2.05) is 11.8 Å². The van der Waals surface area contributed by atoms with Gasteiger partial charge in [0, 0.05) is 44.6 Å². The first-order valence-electron chi connectivity index (χ1n) is 12.5. The molecule has 4 aliphatic rings.